The van der Waals surface area contributed by atoms with Crippen molar-refractivity contribution in [2.24, 2.45) is 5.92 Å². The maximum Gasteiger partial charge on any atom is 0.263 e. The Kier molecular flexibility index (Phi) is 7.24. The molecule has 0 bridgehead atoms. The van der Waals surface area contributed by atoms with E-state index in [0.29, 0.717) is 18.8 Å². The average Bonchev–Trinajstić information content (AvgIpc) is 3.09. The molecule has 0 saturated carbocycles. The molecule has 0 spiro atoms. The van der Waals surface area contributed by atoms with Crippen molar-refractivity contribution in [1.29, 1.82) is 0 Å². The first-order valence-electron chi connectivity index (χ1n) is 10.0. The normalized spacial score (nSPS) is 16.5. The van der Waals surface area contributed by atoms with Crippen molar-refractivity contribution in [1.82, 2.24) is 14.8 Å². The number of carbonyl (C=O) groups excluding carboxylic acids is 2. The second-order valence-electron chi connectivity index (χ2n) is 7.73. The molecule has 1 aromatic heterocycles. The molecule has 1 aromatic carbocycles. The van der Waals surface area contributed by atoms with E-state index in [-0.39, 0.29) is 28.9 Å². The molecule has 10 heteroatoms. The summed E-state index contributed by atoms with van der Waals surface area (Å²) in [6.07, 6.45) is 2.54. The Bertz CT molecular complexity index is 1010. The van der Waals surface area contributed by atoms with E-state index >= 15 is 0 Å². The minimum Gasteiger partial charge on any atom is -0.342 e. The molecule has 3 rings (SSSR count). The van der Waals surface area contributed by atoms with Gasteiger partial charge >= 0.3 is 0 Å². The Morgan fingerprint density at radius 3 is 2.58 bits per heavy atom. The van der Waals surface area contributed by atoms with Crippen LogP contribution in [0.5, 0.6) is 0 Å². The molecule has 9 nitrogen and oxygen atoms in total. The van der Waals surface area contributed by atoms with E-state index in [9.17, 15) is 18.0 Å². The number of carbonyl (C=O) groups is 2. The predicted octanol–water partition coefficient (Wildman–Crippen LogP) is 1.62. The van der Waals surface area contributed by atoms with E-state index in [1.165, 1.54) is 30.5 Å². The first-order chi connectivity index (χ1) is 14.7. The Labute approximate surface area is 182 Å². The number of nitrogens with zero attached hydrogens (tertiary/aromatic N) is 3. The van der Waals surface area contributed by atoms with Gasteiger partial charge in [0.2, 0.25) is 11.8 Å². The summed E-state index contributed by atoms with van der Waals surface area (Å²) in [5.74, 6) is -0.450. The molecule has 166 valence electrons. The SMILES string of the molecule is CN(C)CCCN1CC(C(=O)Nc2ccc(S(=O)(=O)Nc3ccccn3)cc2)CC1=O. The molecule has 1 saturated heterocycles. The largest absolute Gasteiger partial charge is 0.342 e. The zero-order chi connectivity index (χ0) is 22.4. The number of anilines is 2. The van der Waals surface area contributed by atoms with E-state index in [1.807, 2.05) is 14.1 Å². The topological polar surface area (TPSA) is 112 Å². The molecule has 0 aliphatic carbocycles. The summed E-state index contributed by atoms with van der Waals surface area (Å²) >= 11 is 0. The smallest absolute Gasteiger partial charge is 0.263 e. The maximum absolute atomic E-state index is 12.6. The molecule has 2 heterocycles. The monoisotopic (exact) mass is 445 g/mol. The van der Waals surface area contributed by atoms with Gasteiger partial charge < -0.3 is 15.1 Å². The van der Waals surface area contributed by atoms with Crippen LogP contribution in [0.1, 0.15) is 12.8 Å². The summed E-state index contributed by atoms with van der Waals surface area (Å²) in [7, 11) is 0.175. The van der Waals surface area contributed by atoms with E-state index in [4.69, 9.17) is 0 Å². The third kappa shape index (κ3) is 6.25. The highest BCUT2D eigenvalue weighted by atomic mass is 32.2. The highest BCUT2D eigenvalue weighted by Gasteiger charge is 2.34. The van der Waals surface area contributed by atoms with Gasteiger partial charge in [-0.25, -0.2) is 13.4 Å². The van der Waals surface area contributed by atoms with Crippen molar-refractivity contribution < 1.29 is 18.0 Å². The van der Waals surface area contributed by atoms with Crippen LogP contribution in [0, 0.1) is 5.92 Å². The average molecular weight is 446 g/mol. The molecule has 2 N–H and O–H groups in total. The molecule has 1 aliphatic heterocycles. The zero-order valence-electron chi connectivity index (χ0n) is 17.6. The van der Waals surface area contributed by atoms with E-state index < -0.39 is 15.9 Å². The fourth-order valence-electron chi connectivity index (χ4n) is 3.32. The van der Waals surface area contributed by atoms with Gasteiger partial charge in [-0.15, -0.1) is 0 Å². The summed E-state index contributed by atoms with van der Waals surface area (Å²) in [4.78, 5) is 32.5. The first kappa shape index (κ1) is 22.7. The van der Waals surface area contributed by atoms with Gasteiger partial charge in [0.15, 0.2) is 0 Å². The number of aromatic nitrogens is 1. The summed E-state index contributed by atoms with van der Waals surface area (Å²) in [5.41, 5.74) is 0.472. The predicted molar refractivity (Wildman–Crippen MR) is 118 cm³/mol. The van der Waals surface area contributed by atoms with E-state index in [0.717, 1.165) is 13.0 Å². The van der Waals surface area contributed by atoms with Gasteiger partial charge in [0.25, 0.3) is 10.0 Å². The van der Waals surface area contributed by atoms with Crippen molar-refractivity contribution in [3.05, 3.63) is 48.7 Å². The number of likely N-dealkylation sites (tertiary alicyclic amines) is 1. The minimum atomic E-state index is -3.78. The van der Waals surface area contributed by atoms with Gasteiger partial charge in [-0.1, -0.05) is 6.07 Å². The number of benzene rings is 1. The summed E-state index contributed by atoms with van der Waals surface area (Å²) < 4.78 is 27.3. The summed E-state index contributed by atoms with van der Waals surface area (Å²) in [6, 6.07) is 10.8. The first-order valence-corrected chi connectivity index (χ1v) is 11.5. The molecule has 2 aromatic rings. The molecule has 1 aliphatic rings. The second kappa shape index (κ2) is 9.88. The van der Waals surface area contributed by atoms with Gasteiger partial charge in [0.05, 0.1) is 10.8 Å². The Morgan fingerprint density at radius 2 is 1.94 bits per heavy atom. The molecule has 1 atom stereocenters. The van der Waals surface area contributed by atoms with Gasteiger partial charge in [-0.3, -0.25) is 14.3 Å². The van der Waals surface area contributed by atoms with Gasteiger partial charge in [0, 0.05) is 31.4 Å². The van der Waals surface area contributed by atoms with Crippen LogP contribution < -0.4 is 10.0 Å². The van der Waals surface area contributed by atoms with Crippen LogP contribution in [0.15, 0.2) is 53.6 Å². The van der Waals surface area contributed by atoms with Crippen LogP contribution in [0.25, 0.3) is 0 Å². The van der Waals surface area contributed by atoms with E-state index in [2.05, 4.69) is 19.9 Å². The van der Waals surface area contributed by atoms with Crippen LogP contribution in [0.3, 0.4) is 0 Å². The number of pyridine rings is 1. The molecular weight excluding hydrogens is 418 g/mol. The lowest BCUT2D eigenvalue weighted by Crippen LogP contribution is -2.30. The van der Waals surface area contributed by atoms with Crippen molar-refractivity contribution in [2.45, 2.75) is 17.7 Å². The number of nitrogens with one attached hydrogen (secondary N) is 2. The fourth-order valence-corrected chi connectivity index (χ4v) is 4.33. The standard InChI is InChI=1S/C21H27N5O4S/c1-25(2)12-5-13-26-15-16(14-20(26)27)21(28)23-17-7-9-18(10-8-17)31(29,30)24-19-6-3-4-11-22-19/h3-4,6-11,16H,5,12-15H2,1-2H3,(H,22,24)(H,23,28). The van der Waals surface area contributed by atoms with Gasteiger partial charge in [-0.05, 0) is 63.5 Å². The quantitative estimate of drug-likeness (QED) is 0.607. The van der Waals surface area contributed by atoms with Crippen molar-refractivity contribution in [2.75, 3.05) is 43.8 Å². The number of rotatable bonds is 9. The summed E-state index contributed by atoms with van der Waals surface area (Å²) in [5, 5.41) is 2.77. The molecule has 31 heavy (non-hydrogen) atoms. The molecule has 2 amide bonds. The van der Waals surface area contributed by atoms with Crippen molar-refractivity contribution >= 4 is 33.3 Å². The van der Waals surface area contributed by atoms with Crippen LogP contribution in [0.2, 0.25) is 0 Å². The minimum absolute atomic E-state index is 0.0130. The third-order valence-corrected chi connectivity index (χ3v) is 6.33. The lowest BCUT2D eigenvalue weighted by molar-refractivity contribution is -0.128. The number of amides is 2. The molecule has 1 fully saturated rings. The lowest BCUT2D eigenvalue weighted by atomic mass is 10.1. The van der Waals surface area contributed by atoms with Crippen molar-refractivity contribution in [3.8, 4) is 0 Å². The molecule has 1 unspecified atom stereocenters. The van der Waals surface area contributed by atoms with Gasteiger partial charge in [-0.2, -0.15) is 0 Å². The van der Waals surface area contributed by atoms with Crippen LogP contribution in [-0.2, 0) is 19.6 Å². The lowest BCUT2D eigenvalue weighted by Gasteiger charge is -2.18. The number of hydrogen-bond acceptors (Lipinski definition) is 6. The number of sulfonamides is 1. The zero-order valence-corrected chi connectivity index (χ0v) is 18.4. The molecular formula is C21H27N5O4S. The highest BCUT2D eigenvalue weighted by molar-refractivity contribution is 7.92. The Morgan fingerprint density at radius 1 is 1.19 bits per heavy atom. The van der Waals surface area contributed by atoms with Gasteiger partial charge in [0.1, 0.15) is 5.82 Å². The molecule has 0 radical (unpaired) electrons. The van der Waals surface area contributed by atoms with Crippen LogP contribution >= 0.6 is 0 Å². The second-order valence-corrected chi connectivity index (χ2v) is 9.41. The Hall–Kier alpha value is -2.98. The van der Waals surface area contributed by atoms with E-state index in [1.54, 1.807) is 23.1 Å². The Balaban J connectivity index is 1.56. The number of hydrogen-bond donors (Lipinski definition) is 2. The summed E-state index contributed by atoms with van der Waals surface area (Å²) in [6.45, 7) is 1.92. The van der Waals surface area contributed by atoms with Crippen LogP contribution in [-0.4, -0.2) is 68.7 Å². The van der Waals surface area contributed by atoms with Crippen LogP contribution in [0.4, 0.5) is 11.5 Å². The highest BCUT2D eigenvalue weighted by Crippen LogP contribution is 2.21. The maximum atomic E-state index is 12.6. The van der Waals surface area contributed by atoms with Crippen molar-refractivity contribution in [3.63, 3.8) is 0 Å². The third-order valence-electron chi connectivity index (χ3n) is 4.95. The fraction of sp³-hybridized carbons (Fsp3) is 0.381.